The fourth-order valence-electron chi connectivity index (χ4n) is 3.72. The van der Waals surface area contributed by atoms with Crippen LogP contribution in [0.25, 0.3) is 21.3 Å². The van der Waals surface area contributed by atoms with Gasteiger partial charge in [-0.15, -0.1) is 11.3 Å². The average molecular weight is 372 g/mol. The van der Waals surface area contributed by atoms with Crippen molar-refractivity contribution in [2.75, 3.05) is 0 Å². The summed E-state index contributed by atoms with van der Waals surface area (Å²) in [5.74, 6) is -0.151. The average Bonchev–Trinajstić information content (AvgIpc) is 3.06. The maximum absolute atomic E-state index is 7.85. The number of nitrogens with zero attached hydrogens (tertiary/aromatic N) is 3. The standard InChI is InChI=1S/C22H20N4S/c1-12-9-17-16(7-6-8-18(17)24-10-12)20-19(22-25-13(2)11-27-22)14(3)26-15(4)21(20)23-5/h6-11,20,26H,1-4H3. The van der Waals surface area contributed by atoms with E-state index < -0.39 is 0 Å². The number of fused-ring (bicyclic) bond motifs is 1. The molecule has 27 heavy (non-hydrogen) atoms. The minimum Gasteiger partial charge on any atom is -0.372 e. The molecule has 2 aromatic heterocycles. The molecule has 3 heterocycles. The number of aromatic nitrogens is 2. The Bertz CT molecular complexity index is 1160. The largest absolute Gasteiger partial charge is 0.372 e. The quantitative estimate of drug-likeness (QED) is 0.597. The van der Waals surface area contributed by atoms with E-state index in [1.54, 1.807) is 11.3 Å². The van der Waals surface area contributed by atoms with Crippen molar-refractivity contribution in [3.8, 4) is 0 Å². The van der Waals surface area contributed by atoms with Crippen LogP contribution >= 0.6 is 11.3 Å². The van der Waals surface area contributed by atoms with Crippen molar-refractivity contribution in [3.05, 3.63) is 86.2 Å². The van der Waals surface area contributed by atoms with Crippen LogP contribution in [0.5, 0.6) is 0 Å². The second-order valence-corrected chi connectivity index (χ2v) is 7.80. The zero-order valence-corrected chi connectivity index (χ0v) is 16.6. The summed E-state index contributed by atoms with van der Waals surface area (Å²) in [6, 6.07) is 8.33. The Morgan fingerprint density at radius 2 is 1.96 bits per heavy atom. The lowest BCUT2D eigenvalue weighted by Gasteiger charge is -2.29. The van der Waals surface area contributed by atoms with E-state index >= 15 is 0 Å². The van der Waals surface area contributed by atoms with Gasteiger partial charge in [-0.2, -0.15) is 0 Å². The molecule has 1 aliphatic rings. The number of benzene rings is 1. The summed E-state index contributed by atoms with van der Waals surface area (Å²) < 4.78 is 0. The highest BCUT2D eigenvalue weighted by molar-refractivity contribution is 7.10. The maximum atomic E-state index is 7.85. The maximum Gasteiger partial charge on any atom is 0.195 e. The summed E-state index contributed by atoms with van der Waals surface area (Å²) in [5, 5.41) is 7.51. The van der Waals surface area contributed by atoms with Crippen LogP contribution in [0, 0.1) is 20.4 Å². The SMILES string of the molecule is [C-]#[N+]C1=C(C)NC(C)=C(c2nc(C)cs2)C1c1cccc2ncc(C)cc12. The first-order valence-corrected chi connectivity index (χ1v) is 9.71. The van der Waals surface area contributed by atoms with Crippen molar-refractivity contribution < 1.29 is 0 Å². The fourth-order valence-corrected chi connectivity index (χ4v) is 4.65. The van der Waals surface area contributed by atoms with Crippen molar-refractivity contribution >= 4 is 27.8 Å². The number of nitrogens with one attached hydrogen (secondary N) is 1. The third kappa shape index (κ3) is 2.92. The fraction of sp³-hybridized carbons (Fsp3) is 0.227. The van der Waals surface area contributed by atoms with Crippen LogP contribution < -0.4 is 5.32 Å². The van der Waals surface area contributed by atoms with Crippen LogP contribution in [0.3, 0.4) is 0 Å². The van der Waals surface area contributed by atoms with Gasteiger partial charge < -0.3 is 5.32 Å². The molecule has 1 aromatic carbocycles. The molecule has 0 aliphatic carbocycles. The summed E-state index contributed by atoms with van der Waals surface area (Å²) in [4.78, 5) is 13.2. The van der Waals surface area contributed by atoms with E-state index in [1.807, 2.05) is 32.2 Å². The van der Waals surface area contributed by atoms with Gasteiger partial charge in [0.05, 0.1) is 18.0 Å². The van der Waals surface area contributed by atoms with Gasteiger partial charge in [0.1, 0.15) is 5.01 Å². The van der Waals surface area contributed by atoms with E-state index in [0.717, 1.165) is 55.4 Å². The molecule has 4 nitrogen and oxygen atoms in total. The lowest BCUT2D eigenvalue weighted by molar-refractivity contribution is 0.855. The highest BCUT2D eigenvalue weighted by Gasteiger charge is 2.33. The lowest BCUT2D eigenvalue weighted by Crippen LogP contribution is -2.23. The zero-order chi connectivity index (χ0) is 19.1. The molecule has 1 unspecified atom stereocenters. The van der Waals surface area contributed by atoms with Crippen molar-refractivity contribution in [3.63, 3.8) is 0 Å². The van der Waals surface area contributed by atoms with Crippen molar-refractivity contribution in [2.45, 2.75) is 33.6 Å². The number of hydrogen-bond donors (Lipinski definition) is 1. The van der Waals surface area contributed by atoms with Crippen LogP contribution in [0.2, 0.25) is 0 Å². The van der Waals surface area contributed by atoms with Gasteiger partial charge in [0.25, 0.3) is 0 Å². The first-order valence-electron chi connectivity index (χ1n) is 8.83. The number of thiazole rings is 1. The second kappa shape index (κ2) is 6.64. The summed E-state index contributed by atoms with van der Waals surface area (Å²) in [6.07, 6.45) is 1.89. The summed E-state index contributed by atoms with van der Waals surface area (Å²) in [6.45, 7) is 15.9. The molecule has 0 saturated carbocycles. The van der Waals surface area contributed by atoms with E-state index in [2.05, 4.69) is 46.5 Å². The third-order valence-electron chi connectivity index (χ3n) is 4.90. The van der Waals surface area contributed by atoms with Crippen LogP contribution in [0.1, 0.15) is 41.6 Å². The van der Waals surface area contributed by atoms with E-state index in [4.69, 9.17) is 11.6 Å². The lowest BCUT2D eigenvalue weighted by atomic mass is 9.82. The molecule has 3 aromatic rings. The molecule has 0 saturated heterocycles. The Morgan fingerprint density at radius 3 is 2.67 bits per heavy atom. The zero-order valence-electron chi connectivity index (χ0n) is 15.8. The number of pyridine rings is 1. The summed E-state index contributed by atoms with van der Waals surface area (Å²) in [7, 11) is 0. The van der Waals surface area contributed by atoms with Gasteiger partial charge in [-0.25, -0.2) is 9.83 Å². The molecular weight excluding hydrogens is 352 g/mol. The Labute approximate surface area is 163 Å². The van der Waals surface area contributed by atoms with E-state index in [0.29, 0.717) is 0 Å². The molecule has 1 N–H and O–H groups in total. The number of hydrogen-bond acceptors (Lipinski definition) is 4. The molecule has 1 atom stereocenters. The molecule has 134 valence electrons. The Hall–Kier alpha value is -2.97. The molecular formula is C22H20N4S. The molecule has 0 spiro atoms. The second-order valence-electron chi connectivity index (χ2n) is 6.94. The van der Waals surface area contributed by atoms with E-state index in [-0.39, 0.29) is 5.92 Å². The topological polar surface area (TPSA) is 42.2 Å². The highest BCUT2D eigenvalue weighted by atomic mass is 32.1. The van der Waals surface area contributed by atoms with E-state index in [1.165, 1.54) is 0 Å². The third-order valence-corrected chi connectivity index (χ3v) is 5.90. The highest BCUT2D eigenvalue weighted by Crippen LogP contribution is 2.46. The van der Waals surface area contributed by atoms with Crippen molar-refractivity contribution in [1.29, 1.82) is 0 Å². The van der Waals surface area contributed by atoms with Gasteiger partial charge in [0, 0.05) is 39.6 Å². The summed E-state index contributed by atoms with van der Waals surface area (Å²) >= 11 is 1.63. The monoisotopic (exact) mass is 372 g/mol. The molecule has 5 heteroatoms. The number of dihydropyridines is 1. The normalized spacial score (nSPS) is 17.2. The Balaban J connectivity index is 2.03. The van der Waals surface area contributed by atoms with Gasteiger partial charge in [0.15, 0.2) is 5.70 Å². The summed E-state index contributed by atoms with van der Waals surface area (Å²) in [5.41, 5.74) is 7.93. The minimum atomic E-state index is -0.151. The van der Waals surface area contributed by atoms with Gasteiger partial charge in [-0.3, -0.25) is 4.98 Å². The molecule has 0 radical (unpaired) electrons. The van der Waals surface area contributed by atoms with Gasteiger partial charge >= 0.3 is 0 Å². The van der Waals surface area contributed by atoms with Crippen LogP contribution in [0.4, 0.5) is 0 Å². The molecule has 0 amide bonds. The molecule has 1 aliphatic heterocycles. The predicted molar refractivity (Wildman–Crippen MR) is 111 cm³/mol. The van der Waals surface area contributed by atoms with E-state index in [9.17, 15) is 0 Å². The first-order chi connectivity index (χ1) is 13.0. The molecule has 0 bridgehead atoms. The predicted octanol–water partition coefficient (Wildman–Crippen LogP) is 5.58. The first kappa shape index (κ1) is 17.4. The van der Waals surface area contributed by atoms with Crippen LogP contribution in [-0.4, -0.2) is 9.97 Å². The van der Waals surface area contributed by atoms with Crippen molar-refractivity contribution in [2.24, 2.45) is 0 Å². The number of aryl methyl sites for hydroxylation is 2. The Morgan fingerprint density at radius 1 is 1.15 bits per heavy atom. The van der Waals surface area contributed by atoms with Crippen LogP contribution in [-0.2, 0) is 0 Å². The Kier molecular flexibility index (Phi) is 4.29. The van der Waals surface area contributed by atoms with Gasteiger partial charge in [0.2, 0.25) is 0 Å². The number of allylic oxidation sites excluding steroid dienone is 3. The molecule has 4 rings (SSSR count). The minimum absolute atomic E-state index is 0.151. The van der Waals surface area contributed by atoms with Gasteiger partial charge in [-0.05, 0) is 51.0 Å². The van der Waals surface area contributed by atoms with Crippen LogP contribution in [0.15, 0.2) is 52.9 Å². The van der Waals surface area contributed by atoms with Crippen molar-refractivity contribution in [1.82, 2.24) is 15.3 Å². The van der Waals surface area contributed by atoms with Gasteiger partial charge in [-0.1, -0.05) is 12.1 Å². The molecule has 0 fully saturated rings. The smallest absolute Gasteiger partial charge is 0.195 e. The number of rotatable bonds is 2.